The number of halogens is 2. The zero-order valence-corrected chi connectivity index (χ0v) is 34.1. The Bertz CT molecular complexity index is 3660. The largest absolute Gasteiger partial charge is 0.456 e. The summed E-state index contributed by atoms with van der Waals surface area (Å²) in [4.78, 5) is 4.53. The molecule has 0 bridgehead atoms. The molecule has 4 aromatic heterocycles. The minimum atomic E-state index is 0.567. The molecule has 62 heavy (non-hydrogen) atoms. The Balaban J connectivity index is 1.22. The molecule has 0 N–H and O–H groups in total. The van der Waals surface area contributed by atoms with Crippen LogP contribution in [0.1, 0.15) is 0 Å². The van der Waals surface area contributed by atoms with Gasteiger partial charge in [0.2, 0.25) is 0 Å². The Hall–Kier alpha value is -7.64. The van der Waals surface area contributed by atoms with E-state index in [1.54, 1.807) is 0 Å². The van der Waals surface area contributed by atoms with Crippen molar-refractivity contribution in [1.29, 1.82) is 0 Å². The fourth-order valence-electron chi connectivity index (χ4n) is 9.27. The number of benzene rings is 9. The summed E-state index contributed by atoms with van der Waals surface area (Å²) in [6.07, 6.45) is 0. The van der Waals surface area contributed by atoms with Crippen LogP contribution in [0.3, 0.4) is 0 Å². The van der Waals surface area contributed by atoms with Gasteiger partial charge in [0.25, 0.3) is 0 Å². The molecule has 6 nitrogen and oxygen atoms in total. The van der Waals surface area contributed by atoms with E-state index in [0.717, 1.165) is 99.5 Å². The van der Waals surface area contributed by atoms with Gasteiger partial charge in [0.15, 0.2) is 11.2 Å². The summed E-state index contributed by atoms with van der Waals surface area (Å²) in [5.41, 5.74) is 11.1. The number of hydrogen-bond acceptors (Lipinski definition) is 6. The van der Waals surface area contributed by atoms with Crippen molar-refractivity contribution in [2.75, 3.05) is 9.80 Å². The lowest BCUT2D eigenvalue weighted by Gasteiger charge is -2.30. The second-order valence-corrected chi connectivity index (χ2v) is 16.4. The van der Waals surface area contributed by atoms with E-state index in [1.165, 1.54) is 0 Å². The van der Waals surface area contributed by atoms with Gasteiger partial charge in [-0.2, -0.15) is 0 Å². The fourth-order valence-corrected chi connectivity index (χ4v) is 9.60. The first-order valence-electron chi connectivity index (χ1n) is 20.3. The van der Waals surface area contributed by atoms with Crippen LogP contribution in [-0.2, 0) is 0 Å². The molecule has 0 amide bonds. The first-order chi connectivity index (χ1) is 30.6. The Labute approximate surface area is 362 Å². The molecule has 0 fully saturated rings. The molecule has 13 aromatic rings. The molecule has 4 heterocycles. The van der Waals surface area contributed by atoms with Crippen molar-refractivity contribution in [2.45, 2.75) is 0 Å². The number of furan rings is 4. The zero-order valence-electron chi connectivity index (χ0n) is 32.6. The molecule has 9 aromatic carbocycles. The number of rotatable bonds is 6. The van der Waals surface area contributed by atoms with Crippen molar-refractivity contribution in [1.82, 2.24) is 0 Å². The summed E-state index contributed by atoms with van der Waals surface area (Å²) in [6.45, 7) is 0. The average molecular weight is 842 g/mol. The van der Waals surface area contributed by atoms with Crippen molar-refractivity contribution in [3.05, 3.63) is 192 Å². The minimum absolute atomic E-state index is 0.567. The standard InChI is InChI=1S/C54H30Cl2N2O4/c55-31-19-23-39-47(27-31)62-54-49(39)51(57(33-11-3-1-4-12-33)35-21-25-45-41(29-35)37-15-7-9-17-43(37)59-45)53-50(40-24-20-32(56)28-48(40)61-53)52(54)58(34-13-5-2-6-14-34)36-22-26-46-42(30-36)38-16-8-10-18-44(38)60-46/h1-30H. The predicted molar refractivity (Wildman–Crippen MR) is 255 cm³/mol. The highest BCUT2D eigenvalue weighted by Crippen LogP contribution is 2.56. The number of fused-ring (bicyclic) bond motifs is 12. The molecule has 0 aliphatic carbocycles. The van der Waals surface area contributed by atoms with Crippen LogP contribution < -0.4 is 9.80 Å². The van der Waals surface area contributed by atoms with E-state index in [4.69, 9.17) is 40.9 Å². The van der Waals surface area contributed by atoms with E-state index < -0.39 is 0 Å². The van der Waals surface area contributed by atoms with Crippen molar-refractivity contribution in [2.24, 2.45) is 0 Å². The third-order valence-electron chi connectivity index (χ3n) is 11.9. The average Bonchev–Trinajstić information content (AvgIpc) is 4.07. The summed E-state index contributed by atoms with van der Waals surface area (Å²) in [5.74, 6) is 0. The molecule has 0 unspecified atom stereocenters. The quantitative estimate of drug-likeness (QED) is 0.155. The minimum Gasteiger partial charge on any atom is -0.456 e. The Morgan fingerprint density at radius 1 is 0.290 bits per heavy atom. The molecule has 13 rings (SSSR count). The molecule has 0 aliphatic rings. The summed E-state index contributed by atoms with van der Waals surface area (Å²) in [7, 11) is 0. The van der Waals surface area contributed by atoms with Gasteiger partial charge in [0, 0.05) is 77.2 Å². The van der Waals surface area contributed by atoms with Crippen LogP contribution in [0.5, 0.6) is 0 Å². The molecule has 0 saturated carbocycles. The normalized spacial score (nSPS) is 12.0. The van der Waals surface area contributed by atoms with Crippen molar-refractivity contribution < 1.29 is 17.7 Å². The van der Waals surface area contributed by atoms with Crippen LogP contribution in [0.25, 0.3) is 87.8 Å². The van der Waals surface area contributed by atoms with Crippen LogP contribution in [-0.4, -0.2) is 0 Å². The van der Waals surface area contributed by atoms with Gasteiger partial charge in [-0.3, -0.25) is 0 Å². The SMILES string of the molecule is Clc1ccc2c(c1)oc1c(N(c3ccccc3)c3ccc4oc5ccccc5c4c3)c3c(oc4cc(Cl)ccc43)c(N(c3ccccc3)c3ccc4oc5ccccc5c4c3)c12. The topological polar surface area (TPSA) is 59.0 Å². The van der Waals surface area contributed by atoms with E-state index in [9.17, 15) is 0 Å². The van der Waals surface area contributed by atoms with Gasteiger partial charge in [0.1, 0.15) is 44.9 Å². The molecule has 0 atom stereocenters. The zero-order chi connectivity index (χ0) is 41.1. The van der Waals surface area contributed by atoms with E-state index in [1.807, 2.05) is 97.1 Å². The van der Waals surface area contributed by atoms with Gasteiger partial charge >= 0.3 is 0 Å². The van der Waals surface area contributed by atoms with Crippen LogP contribution in [0.15, 0.2) is 200 Å². The molecule has 8 heteroatoms. The smallest absolute Gasteiger partial charge is 0.162 e. The highest BCUT2D eigenvalue weighted by atomic mass is 35.5. The van der Waals surface area contributed by atoms with E-state index >= 15 is 0 Å². The maximum absolute atomic E-state index is 7.21. The molecule has 294 valence electrons. The van der Waals surface area contributed by atoms with Crippen LogP contribution in [0.4, 0.5) is 34.1 Å². The van der Waals surface area contributed by atoms with Crippen LogP contribution in [0, 0.1) is 0 Å². The van der Waals surface area contributed by atoms with Crippen molar-refractivity contribution in [3.8, 4) is 0 Å². The first kappa shape index (κ1) is 35.1. The van der Waals surface area contributed by atoms with Gasteiger partial charge < -0.3 is 27.5 Å². The molecule has 0 aliphatic heterocycles. The lowest BCUT2D eigenvalue weighted by Crippen LogP contribution is -2.13. The van der Waals surface area contributed by atoms with Gasteiger partial charge in [-0.25, -0.2) is 0 Å². The summed E-state index contributed by atoms with van der Waals surface area (Å²) in [5, 5.41) is 8.65. The maximum Gasteiger partial charge on any atom is 0.162 e. The highest BCUT2D eigenvalue weighted by molar-refractivity contribution is 6.35. The van der Waals surface area contributed by atoms with Gasteiger partial charge in [-0.15, -0.1) is 0 Å². The monoisotopic (exact) mass is 840 g/mol. The molecule has 0 radical (unpaired) electrons. The predicted octanol–water partition coefficient (Wildman–Crippen LogP) is 17.5. The second kappa shape index (κ2) is 13.4. The van der Waals surface area contributed by atoms with Crippen LogP contribution in [0.2, 0.25) is 10.0 Å². The van der Waals surface area contributed by atoms with Gasteiger partial charge in [-0.05, 0) is 97.1 Å². The molecule has 0 spiro atoms. The number of nitrogens with zero attached hydrogens (tertiary/aromatic N) is 2. The van der Waals surface area contributed by atoms with E-state index in [0.29, 0.717) is 32.4 Å². The summed E-state index contributed by atoms with van der Waals surface area (Å²) < 4.78 is 27.1. The number of hydrogen-bond donors (Lipinski definition) is 0. The molecular formula is C54H30Cl2N2O4. The van der Waals surface area contributed by atoms with Gasteiger partial charge in [-0.1, -0.05) is 96.0 Å². The molecule has 0 saturated heterocycles. The van der Waals surface area contributed by atoms with Crippen molar-refractivity contribution >= 4 is 145 Å². The third-order valence-corrected chi connectivity index (χ3v) is 12.4. The van der Waals surface area contributed by atoms with Crippen molar-refractivity contribution in [3.63, 3.8) is 0 Å². The lowest BCUT2D eigenvalue weighted by molar-refractivity contribution is 0.664. The van der Waals surface area contributed by atoms with Crippen LogP contribution >= 0.6 is 23.2 Å². The van der Waals surface area contributed by atoms with E-state index in [2.05, 4.69) is 94.7 Å². The maximum atomic E-state index is 7.21. The Morgan fingerprint density at radius 3 is 1.15 bits per heavy atom. The fraction of sp³-hybridized carbons (Fsp3) is 0. The second-order valence-electron chi connectivity index (χ2n) is 15.5. The van der Waals surface area contributed by atoms with E-state index in [-0.39, 0.29) is 0 Å². The number of para-hydroxylation sites is 4. The lowest BCUT2D eigenvalue weighted by atomic mass is 10.00. The summed E-state index contributed by atoms with van der Waals surface area (Å²) >= 11 is 13.5. The highest BCUT2D eigenvalue weighted by Gasteiger charge is 2.33. The Morgan fingerprint density at radius 2 is 0.694 bits per heavy atom. The molecular weight excluding hydrogens is 812 g/mol. The first-order valence-corrected chi connectivity index (χ1v) is 21.0. The van der Waals surface area contributed by atoms with Gasteiger partial charge in [0.05, 0.1) is 10.8 Å². The third kappa shape index (κ3) is 5.24. The summed E-state index contributed by atoms with van der Waals surface area (Å²) in [6, 6.07) is 61.3. The number of anilines is 6. The Kier molecular flexibility index (Phi) is 7.61.